The summed E-state index contributed by atoms with van der Waals surface area (Å²) in [6, 6.07) is 62.5. The fraction of sp³-hybridized carbons (Fsp3) is 0. The molecule has 2 aromatic heterocycles. The standard InChI is InChI=1S/C45H29N3Se/c1-5-16-30(17-6-1)34-25-15-26-37(41-35(31-18-7-2-8-19-31)28-29-39-43(41)36-24-13-14-27-38(36)49-39)42(34)45-40(32-20-9-3-10-21-32)44(46-48-47-45)33-22-11-4-12-23-33/h1-29H. The number of nitrogens with zero attached hydrogens (tertiary/aromatic N) is 3. The molecule has 230 valence electrons. The second-order valence-corrected chi connectivity index (χ2v) is 14.3. The fourth-order valence-corrected chi connectivity index (χ4v) is 9.34. The number of aromatic nitrogens is 3. The van der Waals surface area contributed by atoms with Gasteiger partial charge in [0.1, 0.15) is 0 Å². The monoisotopic (exact) mass is 691 g/mol. The molecule has 3 nitrogen and oxygen atoms in total. The molecule has 9 rings (SSSR count). The van der Waals surface area contributed by atoms with E-state index in [0.717, 1.165) is 50.3 Å². The Hall–Kier alpha value is -5.93. The molecule has 7 aromatic carbocycles. The molecule has 0 radical (unpaired) electrons. The van der Waals surface area contributed by atoms with Crippen LogP contribution in [0.4, 0.5) is 0 Å². The van der Waals surface area contributed by atoms with Gasteiger partial charge in [-0.2, -0.15) is 0 Å². The summed E-state index contributed by atoms with van der Waals surface area (Å²) in [5.74, 6) is 0. The molecular weight excluding hydrogens is 661 g/mol. The van der Waals surface area contributed by atoms with E-state index in [9.17, 15) is 0 Å². The molecule has 0 saturated heterocycles. The van der Waals surface area contributed by atoms with E-state index in [-0.39, 0.29) is 14.5 Å². The second-order valence-electron chi connectivity index (χ2n) is 12.0. The zero-order chi connectivity index (χ0) is 32.6. The van der Waals surface area contributed by atoms with Gasteiger partial charge in [-0.15, -0.1) is 0 Å². The van der Waals surface area contributed by atoms with Crippen LogP contribution in [-0.4, -0.2) is 29.9 Å². The summed E-state index contributed by atoms with van der Waals surface area (Å²) in [5, 5.41) is 16.8. The van der Waals surface area contributed by atoms with Gasteiger partial charge in [0, 0.05) is 0 Å². The van der Waals surface area contributed by atoms with Crippen LogP contribution in [0.1, 0.15) is 0 Å². The van der Waals surface area contributed by atoms with Gasteiger partial charge in [-0.1, -0.05) is 0 Å². The second kappa shape index (κ2) is 12.6. The zero-order valence-corrected chi connectivity index (χ0v) is 28.2. The Balaban J connectivity index is 1.47. The molecule has 0 aliphatic heterocycles. The quantitative estimate of drug-likeness (QED) is 0.163. The van der Waals surface area contributed by atoms with E-state index >= 15 is 0 Å². The maximum atomic E-state index is 4.97. The van der Waals surface area contributed by atoms with Crippen molar-refractivity contribution in [2.45, 2.75) is 0 Å². The average molecular weight is 691 g/mol. The van der Waals surface area contributed by atoms with Crippen LogP contribution in [0.25, 0.3) is 86.3 Å². The van der Waals surface area contributed by atoms with Gasteiger partial charge in [0.15, 0.2) is 0 Å². The normalized spacial score (nSPS) is 11.3. The third kappa shape index (κ3) is 5.19. The summed E-state index contributed by atoms with van der Waals surface area (Å²) >= 11 is 0.208. The van der Waals surface area contributed by atoms with Crippen molar-refractivity contribution in [2.75, 3.05) is 0 Å². The summed E-state index contributed by atoms with van der Waals surface area (Å²) in [4.78, 5) is 0. The number of benzene rings is 7. The van der Waals surface area contributed by atoms with Gasteiger partial charge in [0.2, 0.25) is 0 Å². The molecule has 0 unspecified atom stereocenters. The van der Waals surface area contributed by atoms with Crippen LogP contribution in [0.2, 0.25) is 0 Å². The SMILES string of the molecule is c1ccc(-c2cccc(-c3c(-c4ccccc4)ccc4[se]c5ccccc5c34)c2-c2nnnc(-c3ccccc3)c2-c2ccccc2)cc1. The molecule has 0 aliphatic rings. The van der Waals surface area contributed by atoms with E-state index in [0.29, 0.717) is 0 Å². The van der Waals surface area contributed by atoms with Crippen LogP contribution < -0.4 is 0 Å². The minimum absolute atomic E-state index is 0.208. The molecule has 4 heteroatoms. The van der Waals surface area contributed by atoms with Crippen LogP contribution in [-0.2, 0) is 0 Å². The van der Waals surface area contributed by atoms with E-state index in [2.05, 4.69) is 163 Å². The van der Waals surface area contributed by atoms with E-state index < -0.39 is 0 Å². The Kier molecular flexibility index (Phi) is 7.51. The van der Waals surface area contributed by atoms with Gasteiger partial charge in [-0.25, -0.2) is 0 Å². The van der Waals surface area contributed by atoms with E-state index in [1.165, 1.54) is 36.0 Å². The first kappa shape index (κ1) is 29.2. The Morgan fingerprint density at radius 2 is 0.857 bits per heavy atom. The first-order valence-corrected chi connectivity index (χ1v) is 18.1. The molecule has 0 spiro atoms. The molecule has 0 atom stereocenters. The fourth-order valence-electron chi connectivity index (χ4n) is 7.00. The predicted molar refractivity (Wildman–Crippen MR) is 204 cm³/mol. The molecule has 0 aliphatic carbocycles. The molecular formula is C45H29N3Se. The molecule has 49 heavy (non-hydrogen) atoms. The van der Waals surface area contributed by atoms with Gasteiger partial charge in [0.25, 0.3) is 0 Å². The van der Waals surface area contributed by atoms with Crippen LogP contribution in [0.5, 0.6) is 0 Å². The number of rotatable bonds is 6. The third-order valence-electron chi connectivity index (χ3n) is 9.16. The Morgan fingerprint density at radius 1 is 0.327 bits per heavy atom. The van der Waals surface area contributed by atoms with Gasteiger partial charge in [0.05, 0.1) is 0 Å². The van der Waals surface area contributed by atoms with Gasteiger partial charge in [-0.05, 0) is 0 Å². The Labute approximate surface area is 290 Å². The summed E-state index contributed by atoms with van der Waals surface area (Å²) in [7, 11) is 0. The van der Waals surface area contributed by atoms with Crippen molar-refractivity contribution < 1.29 is 0 Å². The minimum atomic E-state index is 0.208. The number of fused-ring (bicyclic) bond motifs is 3. The average Bonchev–Trinajstić information content (AvgIpc) is 3.57. The Morgan fingerprint density at radius 3 is 1.53 bits per heavy atom. The van der Waals surface area contributed by atoms with Crippen molar-refractivity contribution in [3.63, 3.8) is 0 Å². The van der Waals surface area contributed by atoms with Crippen molar-refractivity contribution in [3.8, 4) is 67.0 Å². The van der Waals surface area contributed by atoms with E-state index in [4.69, 9.17) is 10.2 Å². The molecule has 0 fully saturated rings. The van der Waals surface area contributed by atoms with E-state index in [1.54, 1.807) is 0 Å². The molecule has 9 aromatic rings. The molecule has 0 amide bonds. The summed E-state index contributed by atoms with van der Waals surface area (Å²) in [6.45, 7) is 0. The first-order chi connectivity index (χ1) is 24.3. The predicted octanol–water partition coefficient (Wildman–Crippen LogP) is 11.2. The van der Waals surface area contributed by atoms with Crippen molar-refractivity contribution in [1.29, 1.82) is 0 Å². The Bertz CT molecular complexity index is 2580. The van der Waals surface area contributed by atoms with E-state index in [1.807, 2.05) is 18.2 Å². The maximum absolute atomic E-state index is 4.97. The van der Waals surface area contributed by atoms with Gasteiger partial charge in [-0.3, -0.25) is 0 Å². The van der Waals surface area contributed by atoms with Crippen molar-refractivity contribution in [3.05, 3.63) is 176 Å². The third-order valence-corrected chi connectivity index (χ3v) is 11.5. The number of hydrogen-bond acceptors (Lipinski definition) is 3. The van der Waals surface area contributed by atoms with Crippen molar-refractivity contribution in [2.24, 2.45) is 0 Å². The summed E-state index contributed by atoms with van der Waals surface area (Å²) in [6.07, 6.45) is 0. The van der Waals surface area contributed by atoms with Crippen LogP contribution in [0, 0.1) is 0 Å². The van der Waals surface area contributed by atoms with Crippen LogP contribution >= 0.6 is 0 Å². The van der Waals surface area contributed by atoms with Crippen molar-refractivity contribution >= 4 is 33.8 Å². The molecule has 0 saturated carbocycles. The molecule has 2 heterocycles. The van der Waals surface area contributed by atoms with Gasteiger partial charge >= 0.3 is 292 Å². The van der Waals surface area contributed by atoms with Gasteiger partial charge < -0.3 is 0 Å². The molecule has 0 N–H and O–H groups in total. The molecule has 0 bridgehead atoms. The van der Waals surface area contributed by atoms with Crippen LogP contribution in [0.3, 0.4) is 0 Å². The first-order valence-electron chi connectivity index (χ1n) is 16.4. The summed E-state index contributed by atoms with van der Waals surface area (Å²) in [5.41, 5.74) is 12.6. The summed E-state index contributed by atoms with van der Waals surface area (Å²) < 4.78 is 2.81. The topological polar surface area (TPSA) is 38.7 Å². The van der Waals surface area contributed by atoms with Crippen LogP contribution in [0.15, 0.2) is 176 Å². The zero-order valence-electron chi connectivity index (χ0n) is 26.5. The van der Waals surface area contributed by atoms with Crippen molar-refractivity contribution in [1.82, 2.24) is 15.4 Å². The number of hydrogen-bond donors (Lipinski definition) is 0.